The number of rotatable bonds is 4. The lowest BCUT2D eigenvalue weighted by molar-refractivity contribution is 0.243. The van der Waals surface area contributed by atoms with Gasteiger partial charge in [0.05, 0.1) is 6.54 Å². The second kappa shape index (κ2) is 6.52. The van der Waals surface area contributed by atoms with Crippen LogP contribution in [0, 0.1) is 0 Å². The minimum atomic E-state index is 0.969. The summed E-state index contributed by atoms with van der Waals surface area (Å²) >= 11 is 1.86. The number of thiophene rings is 1. The van der Waals surface area contributed by atoms with Crippen LogP contribution in [0.2, 0.25) is 0 Å². The fraction of sp³-hybridized carbons (Fsp3) is 0.533. The molecule has 3 rings (SSSR count). The molecule has 0 spiro atoms. The summed E-state index contributed by atoms with van der Waals surface area (Å²) in [5, 5.41) is 2.17. The van der Waals surface area contributed by atoms with E-state index in [0.717, 1.165) is 32.0 Å². The third-order valence-electron chi connectivity index (χ3n) is 3.93. The fourth-order valence-electron chi connectivity index (χ4n) is 2.71. The molecule has 108 valence electrons. The van der Waals surface area contributed by atoms with Crippen LogP contribution in [0.25, 0.3) is 0 Å². The molecular weight excluding hydrogens is 268 g/mol. The van der Waals surface area contributed by atoms with Crippen LogP contribution in [-0.4, -0.2) is 45.5 Å². The Bertz CT molecular complexity index is 520. The van der Waals surface area contributed by atoms with Crippen LogP contribution in [0.4, 0.5) is 0 Å². The van der Waals surface area contributed by atoms with Gasteiger partial charge in [0, 0.05) is 44.0 Å². The standard InChI is InChI=1S/C15H22N4S/c1-17-8-5-16-15(17)13-19-7-3-6-18(9-10-19)12-14-4-2-11-20-14/h2,4-5,8,11H,3,6-7,9-10,12-13H2,1H3. The summed E-state index contributed by atoms with van der Waals surface area (Å²) in [6.45, 7) is 6.74. The number of aryl methyl sites for hydroxylation is 1. The first-order chi connectivity index (χ1) is 9.81. The summed E-state index contributed by atoms with van der Waals surface area (Å²) in [6.07, 6.45) is 5.16. The van der Waals surface area contributed by atoms with Gasteiger partial charge in [-0.3, -0.25) is 9.80 Å². The van der Waals surface area contributed by atoms with Crippen molar-refractivity contribution in [3.63, 3.8) is 0 Å². The average Bonchev–Trinajstić information content (AvgIpc) is 3.02. The van der Waals surface area contributed by atoms with E-state index in [1.54, 1.807) is 0 Å². The third-order valence-corrected chi connectivity index (χ3v) is 4.79. The molecule has 4 nitrogen and oxygen atoms in total. The predicted molar refractivity (Wildman–Crippen MR) is 82.7 cm³/mol. The van der Waals surface area contributed by atoms with Crippen molar-refractivity contribution in [1.82, 2.24) is 19.4 Å². The average molecular weight is 290 g/mol. The highest BCUT2D eigenvalue weighted by molar-refractivity contribution is 7.09. The molecule has 3 heterocycles. The van der Waals surface area contributed by atoms with Crippen molar-refractivity contribution in [3.05, 3.63) is 40.6 Å². The molecule has 0 bridgehead atoms. The molecule has 1 aliphatic heterocycles. The van der Waals surface area contributed by atoms with E-state index in [1.807, 2.05) is 23.7 Å². The Labute approximate surface area is 124 Å². The van der Waals surface area contributed by atoms with E-state index < -0.39 is 0 Å². The SMILES string of the molecule is Cn1ccnc1CN1CCCN(Cc2cccs2)CC1. The Hall–Kier alpha value is -1.17. The maximum atomic E-state index is 4.43. The maximum absolute atomic E-state index is 4.43. The van der Waals surface area contributed by atoms with Crippen LogP contribution < -0.4 is 0 Å². The van der Waals surface area contributed by atoms with Gasteiger partial charge in [-0.1, -0.05) is 6.07 Å². The summed E-state index contributed by atoms with van der Waals surface area (Å²) in [7, 11) is 2.07. The fourth-order valence-corrected chi connectivity index (χ4v) is 3.46. The van der Waals surface area contributed by atoms with Gasteiger partial charge in [0.2, 0.25) is 0 Å². The minimum Gasteiger partial charge on any atom is -0.337 e. The van der Waals surface area contributed by atoms with Gasteiger partial charge in [-0.05, 0) is 31.0 Å². The number of imidazole rings is 1. The van der Waals surface area contributed by atoms with Crippen molar-refractivity contribution in [2.45, 2.75) is 19.5 Å². The molecule has 1 saturated heterocycles. The van der Waals surface area contributed by atoms with Gasteiger partial charge in [0.25, 0.3) is 0 Å². The molecule has 0 amide bonds. The quantitative estimate of drug-likeness (QED) is 0.863. The van der Waals surface area contributed by atoms with Gasteiger partial charge in [-0.25, -0.2) is 4.98 Å². The lowest BCUT2D eigenvalue weighted by Gasteiger charge is -2.21. The Balaban J connectivity index is 1.53. The summed E-state index contributed by atoms with van der Waals surface area (Å²) < 4.78 is 2.12. The molecule has 1 fully saturated rings. The van der Waals surface area contributed by atoms with E-state index in [0.29, 0.717) is 0 Å². The molecule has 0 N–H and O–H groups in total. The van der Waals surface area contributed by atoms with E-state index in [4.69, 9.17) is 0 Å². The first-order valence-corrected chi connectivity index (χ1v) is 8.12. The van der Waals surface area contributed by atoms with Gasteiger partial charge >= 0.3 is 0 Å². The van der Waals surface area contributed by atoms with Crippen molar-refractivity contribution >= 4 is 11.3 Å². The summed E-state index contributed by atoms with van der Waals surface area (Å²) in [4.78, 5) is 11.0. The zero-order valence-electron chi connectivity index (χ0n) is 12.0. The minimum absolute atomic E-state index is 0.969. The molecule has 5 heteroatoms. The van der Waals surface area contributed by atoms with Crippen LogP contribution in [0.15, 0.2) is 29.9 Å². The lowest BCUT2D eigenvalue weighted by Crippen LogP contribution is -2.30. The van der Waals surface area contributed by atoms with Crippen LogP contribution in [-0.2, 0) is 20.1 Å². The van der Waals surface area contributed by atoms with Gasteiger partial charge in [-0.2, -0.15) is 0 Å². The molecule has 0 unspecified atom stereocenters. The largest absolute Gasteiger partial charge is 0.337 e. The molecule has 1 aliphatic rings. The second-order valence-electron chi connectivity index (χ2n) is 5.44. The highest BCUT2D eigenvalue weighted by Gasteiger charge is 2.16. The normalized spacial score (nSPS) is 18.2. The monoisotopic (exact) mass is 290 g/mol. The van der Waals surface area contributed by atoms with Crippen LogP contribution >= 0.6 is 11.3 Å². The molecule has 0 aromatic carbocycles. The van der Waals surface area contributed by atoms with E-state index in [9.17, 15) is 0 Å². The van der Waals surface area contributed by atoms with E-state index >= 15 is 0 Å². The Kier molecular flexibility index (Phi) is 4.50. The molecule has 0 atom stereocenters. The van der Waals surface area contributed by atoms with Crippen LogP contribution in [0.1, 0.15) is 17.1 Å². The van der Waals surface area contributed by atoms with Gasteiger partial charge in [0.1, 0.15) is 5.82 Å². The maximum Gasteiger partial charge on any atom is 0.122 e. The van der Waals surface area contributed by atoms with Crippen molar-refractivity contribution in [2.75, 3.05) is 26.2 Å². The molecule has 2 aromatic heterocycles. The van der Waals surface area contributed by atoms with Gasteiger partial charge in [-0.15, -0.1) is 11.3 Å². The molecule has 20 heavy (non-hydrogen) atoms. The first kappa shape index (κ1) is 13.8. The summed E-state index contributed by atoms with van der Waals surface area (Å²) in [5.41, 5.74) is 0. The number of hydrogen-bond donors (Lipinski definition) is 0. The highest BCUT2D eigenvalue weighted by atomic mass is 32.1. The number of aromatic nitrogens is 2. The van der Waals surface area contributed by atoms with Gasteiger partial charge in [0.15, 0.2) is 0 Å². The molecule has 0 aliphatic carbocycles. The number of nitrogens with zero attached hydrogens (tertiary/aromatic N) is 4. The van der Waals surface area contributed by atoms with E-state index in [2.05, 4.69) is 43.9 Å². The zero-order chi connectivity index (χ0) is 13.8. The Morgan fingerprint density at radius 3 is 2.60 bits per heavy atom. The van der Waals surface area contributed by atoms with Gasteiger partial charge < -0.3 is 4.57 Å². The second-order valence-corrected chi connectivity index (χ2v) is 6.47. The van der Waals surface area contributed by atoms with Crippen molar-refractivity contribution in [1.29, 1.82) is 0 Å². The van der Waals surface area contributed by atoms with E-state index in [-0.39, 0.29) is 0 Å². The lowest BCUT2D eigenvalue weighted by atomic mass is 10.3. The highest BCUT2D eigenvalue weighted by Crippen LogP contribution is 2.14. The summed E-state index contributed by atoms with van der Waals surface area (Å²) in [5.74, 6) is 1.16. The molecular formula is C15H22N4S. The summed E-state index contributed by atoms with van der Waals surface area (Å²) in [6, 6.07) is 4.38. The predicted octanol–water partition coefficient (Wildman–Crippen LogP) is 2.19. The van der Waals surface area contributed by atoms with Crippen molar-refractivity contribution < 1.29 is 0 Å². The number of hydrogen-bond acceptors (Lipinski definition) is 4. The Morgan fingerprint density at radius 2 is 1.95 bits per heavy atom. The van der Waals surface area contributed by atoms with Crippen LogP contribution in [0.5, 0.6) is 0 Å². The Morgan fingerprint density at radius 1 is 1.15 bits per heavy atom. The molecule has 0 radical (unpaired) electrons. The topological polar surface area (TPSA) is 24.3 Å². The van der Waals surface area contributed by atoms with Crippen molar-refractivity contribution in [2.24, 2.45) is 7.05 Å². The smallest absolute Gasteiger partial charge is 0.122 e. The molecule has 2 aromatic rings. The third kappa shape index (κ3) is 3.48. The van der Waals surface area contributed by atoms with Crippen LogP contribution in [0.3, 0.4) is 0 Å². The molecule has 0 saturated carbocycles. The van der Waals surface area contributed by atoms with Crippen molar-refractivity contribution in [3.8, 4) is 0 Å². The zero-order valence-corrected chi connectivity index (χ0v) is 12.9. The van der Waals surface area contributed by atoms with E-state index in [1.165, 1.54) is 24.4 Å². The first-order valence-electron chi connectivity index (χ1n) is 7.24.